The molecule has 0 unspecified atom stereocenters. The van der Waals surface area contributed by atoms with Crippen molar-refractivity contribution in [3.05, 3.63) is 29.8 Å². The van der Waals surface area contributed by atoms with Crippen LogP contribution in [0.4, 0.5) is 5.69 Å². The first-order valence-electron chi connectivity index (χ1n) is 5.99. The maximum Gasteiger partial charge on any atom is 0.338 e. The fraction of sp³-hybridized carbons (Fsp3) is 0.385. The molecule has 1 aliphatic heterocycles. The Balaban J connectivity index is 2.02. The molecule has 0 spiro atoms. The topological polar surface area (TPSA) is 67.4 Å². The Kier molecular flexibility index (Phi) is 3.94. The molecule has 0 aromatic heterocycles. The van der Waals surface area contributed by atoms with Crippen molar-refractivity contribution in [1.82, 2.24) is 5.32 Å². The number of anilines is 1. The van der Waals surface area contributed by atoms with Crippen LogP contribution < -0.4 is 10.6 Å². The molecule has 0 atom stereocenters. The van der Waals surface area contributed by atoms with Crippen LogP contribution in [-0.4, -0.2) is 31.6 Å². The van der Waals surface area contributed by atoms with Crippen molar-refractivity contribution < 1.29 is 14.3 Å². The Morgan fingerprint density at radius 2 is 2.22 bits per heavy atom. The molecule has 2 rings (SSSR count). The van der Waals surface area contributed by atoms with Gasteiger partial charge in [-0.05, 0) is 25.1 Å². The summed E-state index contributed by atoms with van der Waals surface area (Å²) in [6.45, 7) is 3.52. The van der Waals surface area contributed by atoms with Crippen molar-refractivity contribution in [3.63, 3.8) is 0 Å². The zero-order chi connectivity index (χ0) is 13.0. The lowest BCUT2D eigenvalue weighted by Gasteiger charge is -2.25. The average molecular weight is 248 g/mol. The summed E-state index contributed by atoms with van der Waals surface area (Å²) in [6.07, 6.45) is 0. The van der Waals surface area contributed by atoms with E-state index in [4.69, 9.17) is 4.74 Å². The van der Waals surface area contributed by atoms with E-state index in [2.05, 4.69) is 10.6 Å². The van der Waals surface area contributed by atoms with E-state index >= 15 is 0 Å². The highest BCUT2D eigenvalue weighted by molar-refractivity contribution is 5.96. The smallest absolute Gasteiger partial charge is 0.338 e. The molecule has 96 valence electrons. The second-order valence-electron chi connectivity index (χ2n) is 4.15. The highest BCUT2D eigenvalue weighted by Crippen LogP contribution is 2.14. The molecule has 5 heteroatoms. The molecule has 1 saturated heterocycles. The standard InChI is InChI=1S/C13H16N2O3/c1-2-18-13(17)9-4-3-5-11(6-9)15-12(16)10-7-14-8-10/h3-6,10,14H,2,7-8H2,1H3,(H,15,16). The molecule has 1 aliphatic rings. The summed E-state index contributed by atoms with van der Waals surface area (Å²) in [5.41, 5.74) is 1.07. The summed E-state index contributed by atoms with van der Waals surface area (Å²) in [6, 6.07) is 6.77. The second-order valence-corrected chi connectivity index (χ2v) is 4.15. The monoisotopic (exact) mass is 248 g/mol. The lowest BCUT2D eigenvalue weighted by Crippen LogP contribution is -2.48. The molecule has 0 aliphatic carbocycles. The van der Waals surface area contributed by atoms with Crippen LogP contribution in [0.1, 0.15) is 17.3 Å². The highest BCUT2D eigenvalue weighted by Gasteiger charge is 2.24. The van der Waals surface area contributed by atoms with Gasteiger partial charge in [0.2, 0.25) is 5.91 Å². The molecule has 0 saturated carbocycles. The molecule has 0 radical (unpaired) electrons. The van der Waals surface area contributed by atoms with Crippen molar-refractivity contribution in [2.24, 2.45) is 5.92 Å². The van der Waals surface area contributed by atoms with E-state index < -0.39 is 0 Å². The Morgan fingerprint density at radius 1 is 1.44 bits per heavy atom. The highest BCUT2D eigenvalue weighted by atomic mass is 16.5. The molecule has 1 heterocycles. The average Bonchev–Trinajstić information content (AvgIpc) is 2.27. The van der Waals surface area contributed by atoms with Gasteiger partial charge >= 0.3 is 5.97 Å². The number of rotatable bonds is 4. The molecule has 1 aromatic carbocycles. The van der Waals surface area contributed by atoms with Crippen LogP contribution in [0, 0.1) is 5.92 Å². The summed E-state index contributed by atoms with van der Waals surface area (Å²) in [5, 5.41) is 5.83. The summed E-state index contributed by atoms with van der Waals surface area (Å²) >= 11 is 0. The first kappa shape index (κ1) is 12.6. The molecule has 18 heavy (non-hydrogen) atoms. The van der Waals surface area contributed by atoms with Crippen LogP contribution >= 0.6 is 0 Å². The van der Waals surface area contributed by atoms with E-state index in [9.17, 15) is 9.59 Å². The minimum absolute atomic E-state index is 0.0187. The largest absolute Gasteiger partial charge is 0.462 e. The maximum absolute atomic E-state index is 11.7. The zero-order valence-electron chi connectivity index (χ0n) is 10.2. The van der Waals surface area contributed by atoms with Gasteiger partial charge in [0.05, 0.1) is 18.1 Å². The summed E-state index contributed by atoms with van der Waals surface area (Å²) in [7, 11) is 0. The number of carbonyl (C=O) groups excluding carboxylic acids is 2. The van der Waals surface area contributed by atoms with Gasteiger partial charge in [-0.15, -0.1) is 0 Å². The molecular formula is C13H16N2O3. The first-order valence-corrected chi connectivity index (χ1v) is 5.99. The molecule has 1 aromatic rings. The number of ether oxygens (including phenoxy) is 1. The van der Waals surface area contributed by atoms with Gasteiger partial charge in [0, 0.05) is 18.8 Å². The van der Waals surface area contributed by atoms with Crippen LogP contribution in [0.15, 0.2) is 24.3 Å². The lowest BCUT2D eigenvalue weighted by atomic mass is 10.0. The number of carbonyl (C=O) groups is 2. The van der Waals surface area contributed by atoms with Gasteiger partial charge in [-0.1, -0.05) is 6.07 Å². The molecular weight excluding hydrogens is 232 g/mol. The van der Waals surface area contributed by atoms with Crippen molar-refractivity contribution in [2.75, 3.05) is 25.0 Å². The lowest BCUT2D eigenvalue weighted by molar-refractivity contribution is -0.121. The quantitative estimate of drug-likeness (QED) is 0.781. The number of nitrogens with one attached hydrogen (secondary N) is 2. The van der Waals surface area contributed by atoms with E-state index in [1.54, 1.807) is 31.2 Å². The SMILES string of the molecule is CCOC(=O)c1cccc(NC(=O)C2CNC2)c1. The third kappa shape index (κ3) is 2.87. The third-order valence-electron chi connectivity index (χ3n) is 2.79. The van der Waals surface area contributed by atoms with Crippen LogP contribution in [-0.2, 0) is 9.53 Å². The Morgan fingerprint density at radius 3 is 2.83 bits per heavy atom. The molecule has 1 amide bonds. The van der Waals surface area contributed by atoms with E-state index in [0.29, 0.717) is 30.9 Å². The van der Waals surface area contributed by atoms with Gasteiger partial charge in [0.1, 0.15) is 0 Å². The van der Waals surface area contributed by atoms with E-state index in [1.165, 1.54) is 0 Å². The Labute approximate surface area is 106 Å². The zero-order valence-corrected chi connectivity index (χ0v) is 10.2. The molecule has 5 nitrogen and oxygen atoms in total. The Hall–Kier alpha value is -1.88. The van der Waals surface area contributed by atoms with Crippen molar-refractivity contribution in [1.29, 1.82) is 0 Å². The van der Waals surface area contributed by atoms with Crippen LogP contribution in [0.2, 0.25) is 0 Å². The molecule has 1 fully saturated rings. The van der Waals surface area contributed by atoms with Gasteiger partial charge in [0.15, 0.2) is 0 Å². The van der Waals surface area contributed by atoms with Crippen molar-refractivity contribution in [2.45, 2.75) is 6.92 Å². The van der Waals surface area contributed by atoms with Crippen LogP contribution in [0.3, 0.4) is 0 Å². The maximum atomic E-state index is 11.7. The number of amides is 1. The van der Waals surface area contributed by atoms with Crippen molar-refractivity contribution in [3.8, 4) is 0 Å². The molecule has 0 bridgehead atoms. The number of esters is 1. The predicted octanol–water partition coefficient (Wildman–Crippen LogP) is 1.02. The van der Waals surface area contributed by atoms with Crippen LogP contribution in [0.25, 0.3) is 0 Å². The van der Waals surface area contributed by atoms with Gasteiger partial charge in [-0.3, -0.25) is 4.79 Å². The summed E-state index contributed by atoms with van der Waals surface area (Å²) < 4.78 is 4.91. The normalized spacial score (nSPS) is 14.7. The van der Waals surface area contributed by atoms with Gasteiger partial charge < -0.3 is 15.4 Å². The van der Waals surface area contributed by atoms with E-state index in [1.807, 2.05) is 0 Å². The van der Waals surface area contributed by atoms with Crippen LogP contribution in [0.5, 0.6) is 0 Å². The van der Waals surface area contributed by atoms with E-state index in [-0.39, 0.29) is 17.8 Å². The fourth-order valence-corrected chi connectivity index (χ4v) is 1.66. The molecule has 2 N–H and O–H groups in total. The predicted molar refractivity (Wildman–Crippen MR) is 67.4 cm³/mol. The van der Waals surface area contributed by atoms with Gasteiger partial charge in [-0.25, -0.2) is 4.79 Å². The first-order chi connectivity index (χ1) is 8.70. The number of hydrogen-bond acceptors (Lipinski definition) is 4. The number of benzene rings is 1. The minimum atomic E-state index is -0.376. The van der Waals surface area contributed by atoms with E-state index in [0.717, 1.165) is 0 Å². The third-order valence-corrected chi connectivity index (χ3v) is 2.79. The van der Waals surface area contributed by atoms with Gasteiger partial charge in [0.25, 0.3) is 0 Å². The Bertz CT molecular complexity index is 455. The summed E-state index contributed by atoms with van der Waals surface area (Å²) in [4.78, 5) is 23.3. The summed E-state index contributed by atoms with van der Waals surface area (Å²) in [5.74, 6) is -0.370. The second kappa shape index (κ2) is 5.64. The number of hydrogen-bond donors (Lipinski definition) is 2. The minimum Gasteiger partial charge on any atom is -0.462 e. The fourth-order valence-electron chi connectivity index (χ4n) is 1.66. The van der Waals surface area contributed by atoms with Gasteiger partial charge in [-0.2, -0.15) is 0 Å². The van der Waals surface area contributed by atoms with Crippen molar-refractivity contribution >= 4 is 17.6 Å².